The fourth-order valence-electron chi connectivity index (χ4n) is 2.68. The van der Waals surface area contributed by atoms with Gasteiger partial charge >= 0.3 is 5.97 Å². The van der Waals surface area contributed by atoms with Crippen LogP contribution in [0.15, 0.2) is 35.5 Å². The SMILES string of the molecule is COC(=O)CCCNC(=O)c1sc2nc(SC)nc(-c3ccccc3)c2c1N. The maximum Gasteiger partial charge on any atom is 0.305 e. The van der Waals surface area contributed by atoms with Gasteiger partial charge in [-0.3, -0.25) is 9.59 Å². The molecule has 146 valence electrons. The van der Waals surface area contributed by atoms with Gasteiger partial charge < -0.3 is 15.8 Å². The number of thioether (sulfide) groups is 1. The molecule has 1 aromatic carbocycles. The fourth-order valence-corrected chi connectivity index (χ4v) is 4.12. The number of amides is 1. The third-order valence-electron chi connectivity index (χ3n) is 4.07. The number of nitrogens with two attached hydrogens (primary N) is 1. The average molecular weight is 417 g/mol. The predicted octanol–water partition coefficient (Wildman–Crippen LogP) is 3.35. The van der Waals surface area contributed by atoms with Crippen molar-refractivity contribution in [1.29, 1.82) is 0 Å². The molecule has 0 saturated heterocycles. The minimum atomic E-state index is -0.303. The number of esters is 1. The average Bonchev–Trinajstić information content (AvgIpc) is 3.07. The van der Waals surface area contributed by atoms with Gasteiger partial charge in [-0.1, -0.05) is 42.1 Å². The minimum Gasteiger partial charge on any atom is -0.469 e. The number of rotatable bonds is 7. The van der Waals surface area contributed by atoms with Gasteiger partial charge in [-0.25, -0.2) is 9.97 Å². The van der Waals surface area contributed by atoms with E-state index in [1.807, 2.05) is 36.6 Å². The van der Waals surface area contributed by atoms with Crippen molar-refractivity contribution in [2.24, 2.45) is 0 Å². The fraction of sp³-hybridized carbons (Fsp3) is 0.263. The van der Waals surface area contributed by atoms with Gasteiger partial charge in [0, 0.05) is 18.5 Å². The number of hydrogen-bond donors (Lipinski definition) is 2. The molecule has 0 unspecified atom stereocenters. The maximum atomic E-state index is 12.6. The Labute approximate surface area is 170 Å². The molecule has 0 aliphatic rings. The molecule has 3 N–H and O–H groups in total. The number of methoxy groups -OCH3 is 1. The van der Waals surface area contributed by atoms with Crippen LogP contribution in [0, 0.1) is 0 Å². The summed E-state index contributed by atoms with van der Waals surface area (Å²) < 4.78 is 4.59. The van der Waals surface area contributed by atoms with Crippen LogP contribution in [0.5, 0.6) is 0 Å². The van der Waals surface area contributed by atoms with E-state index in [2.05, 4.69) is 20.0 Å². The molecule has 0 bridgehead atoms. The Morgan fingerprint density at radius 2 is 2.00 bits per heavy atom. The predicted molar refractivity (Wildman–Crippen MR) is 113 cm³/mol. The van der Waals surface area contributed by atoms with Crippen LogP contribution in [-0.2, 0) is 9.53 Å². The highest BCUT2D eigenvalue weighted by molar-refractivity contribution is 7.98. The molecule has 0 aliphatic heterocycles. The number of fused-ring (bicyclic) bond motifs is 1. The summed E-state index contributed by atoms with van der Waals surface area (Å²) >= 11 is 2.68. The summed E-state index contributed by atoms with van der Waals surface area (Å²) in [6, 6.07) is 9.70. The van der Waals surface area contributed by atoms with E-state index in [-0.39, 0.29) is 18.3 Å². The molecule has 0 fully saturated rings. The van der Waals surface area contributed by atoms with Crippen molar-refractivity contribution in [3.8, 4) is 11.3 Å². The number of carbonyl (C=O) groups excluding carboxylic acids is 2. The second-order valence-electron chi connectivity index (χ2n) is 5.89. The van der Waals surface area contributed by atoms with Gasteiger partial charge in [0.2, 0.25) is 0 Å². The Morgan fingerprint density at radius 3 is 2.68 bits per heavy atom. The van der Waals surface area contributed by atoms with Crippen molar-refractivity contribution >= 4 is 50.9 Å². The lowest BCUT2D eigenvalue weighted by Gasteiger charge is -2.06. The number of ether oxygens (including phenoxy) is 1. The summed E-state index contributed by atoms with van der Waals surface area (Å²) in [5.41, 5.74) is 8.34. The van der Waals surface area contributed by atoms with Gasteiger partial charge in [0.1, 0.15) is 9.71 Å². The first-order valence-electron chi connectivity index (χ1n) is 8.59. The van der Waals surface area contributed by atoms with Crippen LogP contribution in [0.4, 0.5) is 5.69 Å². The number of thiophene rings is 1. The van der Waals surface area contributed by atoms with Crippen molar-refractivity contribution < 1.29 is 14.3 Å². The van der Waals surface area contributed by atoms with Gasteiger partial charge in [0.05, 0.1) is 23.9 Å². The number of benzene rings is 1. The van der Waals surface area contributed by atoms with Crippen molar-refractivity contribution in [3.05, 3.63) is 35.2 Å². The highest BCUT2D eigenvalue weighted by Gasteiger charge is 2.22. The standard InChI is InChI=1S/C19H20N4O3S2/c1-26-12(24)9-6-10-21-17(25)16-14(20)13-15(11-7-4-3-5-8-11)22-19(27-2)23-18(13)28-16/h3-5,7-8H,6,9-10,20H2,1-2H3,(H,21,25). The van der Waals surface area contributed by atoms with E-state index in [1.54, 1.807) is 0 Å². The smallest absolute Gasteiger partial charge is 0.305 e. The van der Waals surface area contributed by atoms with E-state index < -0.39 is 0 Å². The highest BCUT2D eigenvalue weighted by Crippen LogP contribution is 2.39. The number of nitrogen functional groups attached to an aromatic ring is 1. The van der Waals surface area contributed by atoms with Crippen LogP contribution >= 0.6 is 23.1 Å². The number of nitrogens with one attached hydrogen (secondary N) is 1. The zero-order chi connectivity index (χ0) is 20.1. The minimum absolute atomic E-state index is 0.249. The van der Waals surface area contributed by atoms with Crippen LogP contribution in [-0.4, -0.2) is 41.8 Å². The Bertz CT molecular complexity index is 1010. The largest absolute Gasteiger partial charge is 0.469 e. The number of carbonyl (C=O) groups is 2. The van der Waals surface area contributed by atoms with Crippen LogP contribution in [0.1, 0.15) is 22.5 Å². The third-order valence-corrected chi connectivity index (χ3v) is 5.72. The summed E-state index contributed by atoms with van der Waals surface area (Å²) in [7, 11) is 1.34. The molecule has 9 heteroatoms. The van der Waals surface area contributed by atoms with E-state index in [9.17, 15) is 9.59 Å². The molecular formula is C19H20N4O3S2. The van der Waals surface area contributed by atoms with E-state index in [0.717, 1.165) is 5.56 Å². The molecule has 0 spiro atoms. The van der Waals surface area contributed by atoms with Crippen molar-refractivity contribution in [2.45, 2.75) is 18.0 Å². The maximum absolute atomic E-state index is 12.6. The number of aromatic nitrogens is 2. The molecule has 3 aromatic rings. The number of anilines is 1. The monoisotopic (exact) mass is 416 g/mol. The number of hydrogen-bond acceptors (Lipinski definition) is 8. The second-order valence-corrected chi connectivity index (χ2v) is 7.66. The molecule has 1 amide bonds. The topological polar surface area (TPSA) is 107 Å². The van der Waals surface area contributed by atoms with Crippen molar-refractivity contribution in [2.75, 3.05) is 25.6 Å². The van der Waals surface area contributed by atoms with Gasteiger partial charge in [0.25, 0.3) is 5.91 Å². The molecule has 7 nitrogen and oxygen atoms in total. The molecule has 2 heterocycles. The van der Waals surface area contributed by atoms with Gasteiger partial charge in [-0.2, -0.15) is 0 Å². The second kappa shape index (κ2) is 9.03. The summed E-state index contributed by atoms with van der Waals surface area (Å²) in [5.74, 6) is -0.585. The van der Waals surface area contributed by atoms with Crippen molar-refractivity contribution in [3.63, 3.8) is 0 Å². The zero-order valence-corrected chi connectivity index (χ0v) is 17.2. The van der Waals surface area contributed by atoms with E-state index in [0.29, 0.717) is 44.6 Å². The zero-order valence-electron chi connectivity index (χ0n) is 15.5. The Morgan fingerprint density at radius 1 is 1.25 bits per heavy atom. The molecule has 0 saturated carbocycles. The van der Waals surface area contributed by atoms with Gasteiger partial charge in [-0.05, 0) is 12.7 Å². The first kappa shape index (κ1) is 20.1. The van der Waals surface area contributed by atoms with Crippen LogP contribution in [0.25, 0.3) is 21.5 Å². The molecule has 3 rings (SSSR count). The van der Waals surface area contributed by atoms with Gasteiger partial charge in [-0.15, -0.1) is 11.3 Å². The summed E-state index contributed by atoms with van der Waals surface area (Å²) in [6.45, 7) is 0.356. The molecular weight excluding hydrogens is 396 g/mol. The molecule has 2 aromatic heterocycles. The lowest BCUT2D eigenvalue weighted by molar-refractivity contribution is -0.140. The molecule has 0 atom stereocenters. The quantitative estimate of drug-likeness (QED) is 0.263. The van der Waals surface area contributed by atoms with Crippen LogP contribution in [0.3, 0.4) is 0 Å². The van der Waals surface area contributed by atoms with Crippen LogP contribution in [0.2, 0.25) is 0 Å². The highest BCUT2D eigenvalue weighted by atomic mass is 32.2. The lowest BCUT2D eigenvalue weighted by atomic mass is 10.1. The van der Waals surface area contributed by atoms with E-state index in [1.165, 1.54) is 30.2 Å². The van der Waals surface area contributed by atoms with Crippen LogP contribution < -0.4 is 11.1 Å². The summed E-state index contributed by atoms with van der Waals surface area (Å²) in [6.07, 6.45) is 2.65. The van der Waals surface area contributed by atoms with E-state index in [4.69, 9.17) is 5.73 Å². The first-order chi connectivity index (χ1) is 13.5. The van der Waals surface area contributed by atoms with Gasteiger partial charge in [0.15, 0.2) is 5.16 Å². The first-order valence-corrected chi connectivity index (χ1v) is 10.6. The lowest BCUT2D eigenvalue weighted by Crippen LogP contribution is -2.24. The Hall–Kier alpha value is -2.65. The van der Waals surface area contributed by atoms with Crippen molar-refractivity contribution in [1.82, 2.24) is 15.3 Å². The Balaban J connectivity index is 1.92. The molecule has 0 aliphatic carbocycles. The van der Waals surface area contributed by atoms with E-state index >= 15 is 0 Å². The summed E-state index contributed by atoms with van der Waals surface area (Å²) in [4.78, 5) is 34.0. The number of nitrogens with zero attached hydrogens (tertiary/aromatic N) is 2. The molecule has 28 heavy (non-hydrogen) atoms. The normalized spacial score (nSPS) is 10.8. The molecule has 0 radical (unpaired) electrons. The Kier molecular flexibility index (Phi) is 6.48. The summed E-state index contributed by atoms with van der Waals surface area (Å²) in [5, 5.41) is 4.11. The third kappa shape index (κ3) is 4.26.